The largest absolute Gasteiger partial charge is 3.00 e. The van der Waals surface area contributed by atoms with E-state index in [-0.39, 0.29) is 76.8 Å². The van der Waals surface area contributed by atoms with Gasteiger partial charge in [-0.25, -0.2) is 0 Å². The molecule has 0 N–H and O–H groups in total. The number of carbonyl (C=O) groups is 2. The first-order chi connectivity index (χ1) is 8.20. The Kier molecular flexibility index (Phi) is 72.4. The Morgan fingerprint density at radius 2 is 1.18 bits per heavy atom. The summed E-state index contributed by atoms with van der Waals surface area (Å²) < 4.78 is -0.375. The fourth-order valence-corrected chi connectivity index (χ4v) is 0.313. The van der Waals surface area contributed by atoms with Crippen molar-refractivity contribution in [1.29, 1.82) is 0 Å². The summed E-state index contributed by atoms with van der Waals surface area (Å²) in [5.41, 5.74) is 0. The van der Waals surface area contributed by atoms with Crippen molar-refractivity contribution in [3.63, 3.8) is 0 Å². The molecular formula is C9H13AlCl3N2O6Zn. The molecule has 0 fully saturated rings. The Bertz CT molecular complexity index is 284. The van der Waals surface area contributed by atoms with E-state index in [9.17, 15) is 0 Å². The van der Waals surface area contributed by atoms with E-state index in [0.29, 0.717) is 0 Å². The third kappa shape index (κ3) is 220. The molecule has 0 amide bonds. The topological polar surface area (TPSA) is 136 Å². The van der Waals surface area contributed by atoms with Crippen LogP contribution in [0.15, 0.2) is 30.6 Å². The van der Waals surface area contributed by atoms with Crippen LogP contribution in [0.1, 0.15) is 13.8 Å². The molecule has 1 rings (SSSR count). The van der Waals surface area contributed by atoms with Crippen molar-refractivity contribution < 1.29 is 54.4 Å². The SMILES string of the molecule is CC(=O)[O-].CC(=O)[O-].Cl.Cl.O=[N+]([O-])[Zn].[Al+3].[Cl-].c1ccncc1. The number of aromatic nitrogens is 1. The molecule has 0 aromatic carbocycles. The Labute approximate surface area is 167 Å². The van der Waals surface area contributed by atoms with Crippen molar-refractivity contribution >= 4 is 54.1 Å². The summed E-state index contributed by atoms with van der Waals surface area (Å²) in [5, 5.41) is 26.6. The van der Waals surface area contributed by atoms with Crippen LogP contribution in [0.25, 0.3) is 0 Å². The van der Waals surface area contributed by atoms with Crippen molar-refractivity contribution in [2.75, 3.05) is 0 Å². The zero-order chi connectivity index (χ0) is 15.0. The summed E-state index contributed by atoms with van der Waals surface area (Å²) in [5.74, 6) is -2.17. The van der Waals surface area contributed by atoms with Gasteiger partial charge in [0.05, 0.1) is 0 Å². The second kappa shape index (κ2) is 37.1. The van der Waals surface area contributed by atoms with Gasteiger partial charge in [-0.2, -0.15) is 0 Å². The number of hydrogen-bond donors (Lipinski definition) is 0. The molecule has 121 valence electrons. The zero-order valence-corrected chi connectivity index (χ0v) is 18.2. The Hall–Kier alpha value is -0.484. The van der Waals surface area contributed by atoms with E-state index < -0.39 is 11.9 Å². The molecule has 0 unspecified atom stereocenters. The molecule has 13 heteroatoms. The van der Waals surface area contributed by atoms with Crippen LogP contribution in [0.4, 0.5) is 0 Å². The van der Waals surface area contributed by atoms with Crippen LogP contribution in [0.5, 0.6) is 0 Å². The fourth-order valence-electron chi connectivity index (χ4n) is 0.313. The van der Waals surface area contributed by atoms with E-state index in [1.807, 2.05) is 18.2 Å². The first-order valence-corrected chi connectivity index (χ1v) is 5.67. The van der Waals surface area contributed by atoms with E-state index >= 15 is 0 Å². The van der Waals surface area contributed by atoms with Crippen molar-refractivity contribution in [2.45, 2.75) is 13.8 Å². The van der Waals surface area contributed by atoms with Crippen LogP contribution in [-0.4, -0.2) is 37.9 Å². The van der Waals surface area contributed by atoms with Crippen molar-refractivity contribution in [3.8, 4) is 0 Å². The van der Waals surface area contributed by atoms with Gasteiger partial charge in [-0.3, -0.25) is 4.98 Å². The van der Waals surface area contributed by atoms with Gasteiger partial charge >= 0.3 is 49.7 Å². The molecule has 0 aliphatic heterocycles. The second-order valence-electron chi connectivity index (χ2n) is 2.34. The van der Waals surface area contributed by atoms with Gasteiger partial charge in [0.15, 0.2) is 0 Å². The Balaban J connectivity index is -0.0000000262. The van der Waals surface area contributed by atoms with E-state index in [1.165, 1.54) is 0 Å². The summed E-state index contributed by atoms with van der Waals surface area (Å²) in [6.45, 7) is 1.94. The molecule has 1 aromatic heterocycles. The Morgan fingerprint density at radius 3 is 1.23 bits per heavy atom. The van der Waals surface area contributed by atoms with Crippen LogP contribution in [0.3, 0.4) is 0 Å². The number of pyridine rings is 1. The number of carboxylic acid groups (broad SMARTS) is 2. The van der Waals surface area contributed by atoms with Crippen LogP contribution in [-0.2, 0) is 28.1 Å². The molecule has 0 aliphatic carbocycles. The van der Waals surface area contributed by atoms with Crippen LogP contribution >= 0.6 is 24.8 Å². The van der Waals surface area contributed by atoms with Gasteiger partial charge in [0.1, 0.15) is 0 Å². The van der Waals surface area contributed by atoms with E-state index in [4.69, 9.17) is 29.9 Å². The number of aliphatic carboxylic acids is 2. The number of halogens is 3. The van der Waals surface area contributed by atoms with Gasteiger partial charge < -0.3 is 32.2 Å². The standard InChI is InChI=1S/C5H5N.2C2H4O2.Al.3ClH.NO2.Zn/c1-2-4-6-5-3-1;2*1-2(3)4;;;;;2-1-3;/h1-5H;2*1H3,(H,3,4);;3*1H;;/q;;;+3;;;;;/p-3. The average Bonchev–Trinajstić information content (AvgIpc) is 2.17. The molecule has 0 bridgehead atoms. The summed E-state index contributed by atoms with van der Waals surface area (Å²) >= 11 is 0.153. The zero-order valence-electron chi connectivity index (χ0n) is 11.7. The minimum Gasteiger partial charge on any atom is -1.00 e. The molecule has 0 saturated carbocycles. The van der Waals surface area contributed by atoms with Gasteiger partial charge in [-0.1, -0.05) is 6.07 Å². The molecule has 0 atom stereocenters. The minimum atomic E-state index is -1.08. The molecule has 8 nitrogen and oxygen atoms in total. The summed E-state index contributed by atoms with van der Waals surface area (Å²) in [6, 6.07) is 5.72. The molecule has 0 saturated heterocycles. The normalized spacial score (nSPS) is 5.64. The quantitative estimate of drug-likeness (QED) is 0.225. The maximum atomic E-state index is 8.89. The van der Waals surface area contributed by atoms with E-state index in [2.05, 4.69) is 4.98 Å². The molecule has 0 aliphatic rings. The Morgan fingerprint density at radius 1 is 1.00 bits per heavy atom. The molecule has 1 heterocycles. The van der Waals surface area contributed by atoms with E-state index in [0.717, 1.165) is 13.8 Å². The molecule has 0 radical (unpaired) electrons. The second-order valence-corrected chi connectivity index (χ2v) is 3.42. The molecule has 0 spiro atoms. The molecule has 22 heavy (non-hydrogen) atoms. The number of hydrogen-bond acceptors (Lipinski definition) is 7. The molecule has 1 aromatic rings. The number of rotatable bonds is 0. The van der Waals surface area contributed by atoms with Gasteiger partial charge in [0, 0.05) is 24.3 Å². The number of carboxylic acids is 2. The first-order valence-electron chi connectivity index (χ1n) is 4.35. The van der Waals surface area contributed by atoms with Gasteiger partial charge in [-0.15, -0.1) is 24.8 Å². The summed E-state index contributed by atoms with van der Waals surface area (Å²) in [7, 11) is 0. The minimum absolute atomic E-state index is 0. The third-order valence-corrected chi connectivity index (χ3v) is 0.566. The van der Waals surface area contributed by atoms with Gasteiger partial charge in [0.2, 0.25) is 0 Å². The fraction of sp³-hybridized carbons (Fsp3) is 0.222. The summed E-state index contributed by atoms with van der Waals surface area (Å²) in [4.78, 5) is 30.4. The maximum Gasteiger partial charge on any atom is 3.00 e. The van der Waals surface area contributed by atoms with Crippen LogP contribution in [0.2, 0.25) is 0 Å². The smallest absolute Gasteiger partial charge is 1.00 e. The first kappa shape index (κ1) is 43.0. The summed E-state index contributed by atoms with van der Waals surface area (Å²) in [6.07, 6.45) is 3.50. The average molecular weight is 444 g/mol. The van der Waals surface area contributed by atoms with Crippen molar-refractivity contribution in [3.05, 3.63) is 40.7 Å². The van der Waals surface area contributed by atoms with Gasteiger partial charge in [0.25, 0.3) is 0 Å². The monoisotopic (exact) mass is 441 g/mol. The third-order valence-electron chi connectivity index (χ3n) is 0.566. The van der Waals surface area contributed by atoms with Crippen LogP contribution in [0, 0.1) is 10.1 Å². The number of nitro groups is 1. The van der Waals surface area contributed by atoms with E-state index in [1.54, 1.807) is 12.4 Å². The van der Waals surface area contributed by atoms with Crippen molar-refractivity contribution in [1.82, 2.24) is 4.98 Å². The van der Waals surface area contributed by atoms with Crippen LogP contribution < -0.4 is 22.6 Å². The maximum absolute atomic E-state index is 8.89. The number of nitrogens with zero attached hydrogens (tertiary/aromatic N) is 2. The predicted molar refractivity (Wildman–Crippen MR) is 72.8 cm³/mol. The van der Waals surface area contributed by atoms with Crippen molar-refractivity contribution in [2.24, 2.45) is 0 Å². The number of carbonyl (C=O) groups excluding carboxylic acids is 2. The molecular weight excluding hydrogens is 431 g/mol. The van der Waals surface area contributed by atoms with Gasteiger partial charge in [-0.05, 0) is 26.0 Å². The predicted octanol–water partition coefficient (Wildman–Crippen LogP) is -4.21.